The lowest BCUT2D eigenvalue weighted by Gasteiger charge is -2.19. The maximum absolute atomic E-state index is 10.1. The molecule has 0 aliphatic rings. The zero-order valence-corrected chi connectivity index (χ0v) is 10.2. The fourth-order valence-electron chi connectivity index (χ4n) is 1.72. The Morgan fingerprint density at radius 2 is 1.18 bits per heavy atom. The van der Waals surface area contributed by atoms with Crippen molar-refractivity contribution in [1.29, 1.82) is 0 Å². The molecule has 0 fully saturated rings. The van der Waals surface area contributed by atoms with Gasteiger partial charge in [0.05, 0.1) is 12.1 Å². The Labute approximate surface area is 108 Å². The largest absolute Gasteiger partial charge is 0.386 e. The quantitative estimate of drug-likeness (QED) is 0.879. The average Bonchev–Trinajstić information content (AvgIpc) is 2.39. The molecule has 0 bridgehead atoms. The number of aliphatic hydroxyl groups excluding tert-OH is 1. The maximum Gasteiger partial charge on any atom is 0.0982 e. The Morgan fingerprint density at radius 1 is 0.765 bits per heavy atom. The van der Waals surface area contributed by atoms with Crippen molar-refractivity contribution in [3.8, 4) is 0 Å². The third-order valence-corrected chi connectivity index (χ3v) is 2.67. The first-order valence-corrected chi connectivity index (χ1v) is 5.32. The normalized spacial score (nSPS) is 13.5. The number of rotatable bonds is 3. The summed E-state index contributed by atoms with van der Waals surface area (Å²) in [5, 5.41) is 10.1. The molecule has 2 nitrogen and oxygen atoms in total. The van der Waals surface area contributed by atoms with Crippen molar-refractivity contribution in [1.82, 2.24) is 0 Å². The van der Waals surface area contributed by atoms with E-state index in [1.54, 1.807) is 0 Å². The van der Waals surface area contributed by atoms with Gasteiger partial charge in [-0.2, -0.15) is 0 Å². The highest BCUT2D eigenvalue weighted by molar-refractivity contribution is 5.85. The SMILES string of the molecule is Cl.N[C@H](c1ccccc1)[C@@H](O)c1ccccc1. The molecule has 2 rings (SSSR count). The van der Waals surface area contributed by atoms with E-state index in [0.29, 0.717) is 0 Å². The monoisotopic (exact) mass is 249 g/mol. The van der Waals surface area contributed by atoms with E-state index in [-0.39, 0.29) is 18.4 Å². The number of hydrogen-bond donors (Lipinski definition) is 2. The first kappa shape index (κ1) is 13.7. The van der Waals surface area contributed by atoms with Gasteiger partial charge in [0.25, 0.3) is 0 Å². The van der Waals surface area contributed by atoms with Crippen LogP contribution in [0.25, 0.3) is 0 Å². The second kappa shape index (κ2) is 6.40. The van der Waals surface area contributed by atoms with Gasteiger partial charge < -0.3 is 10.8 Å². The van der Waals surface area contributed by atoms with E-state index in [1.807, 2.05) is 60.7 Å². The van der Waals surface area contributed by atoms with Gasteiger partial charge in [0.2, 0.25) is 0 Å². The topological polar surface area (TPSA) is 46.2 Å². The van der Waals surface area contributed by atoms with Crippen molar-refractivity contribution in [3.63, 3.8) is 0 Å². The molecular weight excluding hydrogens is 234 g/mol. The third-order valence-electron chi connectivity index (χ3n) is 2.67. The highest BCUT2D eigenvalue weighted by atomic mass is 35.5. The fraction of sp³-hybridized carbons (Fsp3) is 0.143. The molecule has 0 saturated carbocycles. The molecule has 2 atom stereocenters. The van der Waals surface area contributed by atoms with Crippen molar-refractivity contribution in [3.05, 3.63) is 71.8 Å². The molecule has 0 aromatic heterocycles. The van der Waals surface area contributed by atoms with E-state index in [2.05, 4.69) is 0 Å². The standard InChI is InChI=1S/C14H15NO.ClH/c15-13(11-7-3-1-4-8-11)14(16)12-9-5-2-6-10-12;/h1-10,13-14,16H,15H2;1H/t13-,14+;/m1./s1. The fourth-order valence-corrected chi connectivity index (χ4v) is 1.72. The highest BCUT2D eigenvalue weighted by Gasteiger charge is 2.17. The summed E-state index contributed by atoms with van der Waals surface area (Å²) in [5.74, 6) is 0. The van der Waals surface area contributed by atoms with Crippen molar-refractivity contribution >= 4 is 12.4 Å². The van der Waals surface area contributed by atoms with Crippen LogP contribution in [0.3, 0.4) is 0 Å². The summed E-state index contributed by atoms with van der Waals surface area (Å²) in [6.45, 7) is 0. The summed E-state index contributed by atoms with van der Waals surface area (Å²) in [7, 11) is 0. The molecule has 0 aliphatic heterocycles. The van der Waals surface area contributed by atoms with E-state index in [4.69, 9.17) is 5.73 Å². The van der Waals surface area contributed by atoms with Gasteiger partial charge in [0.1, 0.15) is 0 Å². The van der Waals surface area contributed by atoms with Crippen LogP contribution in [0.4, 0.5) is 0 Å². The smallest absolute Gasteiger partial charge is 0.0982 e. The molecule has 0 unspecified atom stereocenters. The number of aliphatic hydroxyl groups is 1. The molecule has 0 saturated heterocycles. The summed E-state index contributed by atoms with van der Waals surface area (Å²) in [5.41, 5.74) is 7.81. The van der Waals surface area contributed by atoms with E-state index >= 15 is 0 Å². The van der Waals surface area contributed by atoms with Crippen molar-refractivity contribution < 1.29 is 5.11 Å². The second-order valence-corrected chi connectivity index (χ2v) is 3.79. The third kappa shape index (κ3) is 3.30. The Morgan fingerprint density at radius 3 is 1.65 bits per heavy atom. The van der Waals surface area contributed by atoms with Gasteiger partial charge >= 0.3 is 0 Å². The predicted molar refractivity (Wildman–Crippen MR) is 72.0 cm³/mol. The Balaban J connectivity index is 0.00000144. The van der Waals surface area contributed by atoms with Crippen LogP contribution in [0, 0.1) is 0 Å². The molecule has 0 heterocycles. The van der Waals surface area contributed by atoms with Crippen LogP contribution in [-0.4, -0.2) is 5.11 Å². The summed E-state index contributed by atoms with van der Waals surface area (Å²) < 4.78 is 0. The summed E-state index contributed by atoms with van der Waals surface area (Å²) in [4.78, 5) is 0. The van der Waals surface area contributed by atoms with Crippen molar-refractivity contribution in [2.45, 2.75) is 12.1 Å². The molecule has 0 aliphatic carbocycles. The molecule has 90 valence electrons. The van der Waals surface area contributed by atoms with Gasteiger partial charge in [-0.25, -0.2) is 0 Å². The molecule has 0 spiro atoms. The second-order valence-electron chi connectivity index (χ2n) is 3.79. The Hall–Kier alpha value is -1.35. The van der Waals surface area contributed by atoms with Crippen molar-refractivity contribution in [2.75, 3.05) is 0 Å². The van der Waals surface area contributed by atoms with Crippen molar-refractivity contribution in [2.24, 2.45) is 5.73 Å². The minimum atomic E-state index is -0.663. The lowest BCUT2D eigenvalue weighted by atomic mass is 9.97. The number of benzene rings is 2. The van der Waals surface area contributed by atoms with Gasteiger partial charge in [0.15, 0.2) is 0 Å². The molecule has 0 radical (unpaired) electrons. The molecule has 0 amide bonds. The van der Waals surface area contributed by atoms with E-state index in [9.17, 15) is 5.11 Å². The van der Waals surface area contributed by atoms with Crippen LogP contribution >= 0.6 is 12.4 Å². The van der Waals surface area contributed by atoms with E-state index in [0.717, 1.165) is 11.1 Å². The Kier molecular flexibility index (Phi) is 5.16. The lowest BCUT2D eigenvalue weighted by molar-refractivity contribution is 0.147. The van der Waals surface area contributed by atoms with Crippen LogP contribution in [0.2, 0.25) is 0 Å². The average molecular weight is 250 g/mol. The van der Waals surface area contributed by atoms with Gasteiger partial charge in [-0.1, -0.05) is 60.7 Å². The number of halogens is 1. The molecule has 2 aromatic rings. The first-order valence-electron chi connectivity index (χ1n) is 5.32. The van der Waals surface area contributed by atoms with Crippen LogP contribution in [0.5, 0.6) is 0 Å². The first-order chi connectivity index (χ1) is 7.79. The summed E-state index contributed by atoms with van der Waals surface area (Å²) in [6, 6.07) is 18.7. The highest BCUT2D eigenvalue weighted by Crippen LogP contribution is 2.25. The van der Waals surface area contributed by atoms with Gasteiger partial charge in [0, 0.05) is 0 Å². The Bertz CT molecular complexity index is 389. The van der Waals surface area contributed by atoms with Gasteiger partial charge in [-0.05, 0) is 11.1 Å². The van der Waals surface area contributed by atoms with Crippen LogP contribution in [-0.2, 0) is 0 Å². The van der Waals surface area contributed by atoms with Gasteiger partial charge in [-0.3, -0.25) is 0 Å². The van der Waals surface area contributed by atoms with E-state index < -0.39 is 6.10 Å². The van der Waals surface area contributed by atoms with Crippen LogP contribution in [0.15, 0.2) is 60.7 Å². The van der Waals surface area contributed by atoms with Crippen LogP contribution in [0.1, 0.15) is 23.3 Å². The summed E-state index contributed by atoms with van der Waals surface area (Å²) >= 11 is 0. The molecule has 3 N–H and O–H groups in total. The number of nitrogens with two attached hydrogens (primary N) is 1. The minimum Gasteiger partial charge on any atom is -0.386 e. The van der Waals surface area contributed by atoms with E-state index in [1.165, 1.54) is 0 Å². The summed E-state index contributed by atoms with van der Waals surface area (Å²) in [6.07, 6.45) is -0.663. The number of hydrogen-bond acceptors (Lipinski definition) is 2. The zero-order chi connectivity index (χ0) is 11.4. The zero-order valence-electron chi connectivity index (χ0n) is 9.36. The molecule has 2 aromatic carbocycles. The lowest BCUT2D eigenvalue weighted by Crippen LogP contribution is -2.19. The molecule has 3 heteroatoms. The maximum atomic E-state index is 10.1. The van der Waals surface area contributed by atoms with Crippen LogP contribution < -0.4 is 5.73 Å². The molecule has 17 heavy (non-hydrogen) atoms. The minimum absolute atomic E-state index is 0. The molecular formula is C14H16ClNO. The van der Waals surface area contributed by atoms with Gasteiger partial charge in [-0.15, -0.1) is 12.4 Å². The predicted octanol–water partition coefficient (Wildman–Crippen LogP) is 2.84.